The lowest BCUT2D eigenvalue weighted by Gasteiger charge is -2.39. The van der Waals surface area contributed by atoms with Crippen LogP contribution in [0.3, 0.4) is 0 Å². The number of carbonyl (C=O) groups excluding carboxylic acids is 4. The van der Waals surface area contributed by atoms with E-state index in [1.54, 1.807) is 59.7 Å². The molecule has 0 spiro atoms. The molecular weight excluding hydrogens is 1490 g/mol. The summed E-state index contributed by atoms with van der Waals surface area (Å²) in [6, 6.07) is 14.3. The van der Waals surface area contributed by atoms with Crippen molar-refractivity contribution in [2.45, 2.75) is 301 Å². The summed E-state index contributed by atoms with van der Waals surface area (Å²) in [4.78, 5) is 48.0. The van der Waals surface area contributed by atoms with Crippen LogP contribution in [-0.4, -0.2) is 73.5 Å². The Bertz CT molecular complexity index is 3550. The summed E-state index contributed by atoms with van der Waals surface area (Å²) >= 11 is 0. The Labute approximate surface area is 636 Å². The molecule has 0 radical (unpaired) electrons. The zero-order valence-electron chi connectivity index (χ0n) is 67.8. The average Bonchev–Trinajstić information content (AvgIpc) is 0.865. The van der Waals surface area contributed by atoms with Gasteiger partial charge in [-0.3, -0.25) is 19.2 Å². The molecule has 11 nitrogen and oxygen atoms in total. The Hall–Kier alpha value is -6.62. The lowest BCUT2D eigenvalue weighted by molar-refractivity contribution is -0.337. The van der Waals surface area contributed by atoms with E-state index in [-0.39, 0.29) is 58.1 Å². The number of rotatable bonds is 20. The van der Waals surface area contributed by atoms with Crippen LogP contribution in [0.1, 0.15) is 283 Å². The Morgan fingerprint density at radius 1 is 0.445 bits per heavy atom. The number of alkyl halides is 18. The first kappa shape index (κ1) is 101. The molecule has 0 bridgehead atoms. The molecule has 0 N–H and O–H groups in total. The summed E-state index contributed by atoms with van der Waals surface area (Å²) < 4.78 is 273. The monoisotopic (exact) mass is 1600 g/mol. The van der Waals surface area contributed by atoms with Gasteiger partial charge in [-0.2, -0.15) is 79.0 Å². The number of ether oxygens (including phenoxy) is 7. The molecule has 1 aliphatic carbocycles. The van der Waals surface area contributed by atoms with E-state index in [2.05, 4.69) is 6.92 Å². The van der Waals surface area contributed by atoms with Crippen LogP contribution >= 0.6 is 0 Å². The highest BCUT2D eigenvalue weighted by atomic mass is 19.4. The Kier molecular flexibility index (Phi) is 35.9. The van der Waals surface area contributed by atoms with Gasteiger partial charge in [0.1, 0.15) is 16.8 Å². The number of esters is 4. The maximum Gasteiger partial charge on any atom is 0.421 e. The van der Waals surface area contributed by atoms with Crippen molar-refractivity contribution in [3.63, 3.8) is 0 Å². The van der Waals surface area contributed by atoms with Gasteiger partial charge in [0.05, 0.1) is 39.5 Å². The van der Waals surface area contributed by atoms with Gasteiger partial charge in [0, 0.05) is 25.2 Å². The number of halogens is 18. The lowest BCUT2D eigenvalue weighted by atomic mass is 9.86. The summed E-state index contributed by atoms with van der Waals surface area (Å²) in [6.45, 7) is 40.0. The van der Waals surface area contributed by atoms with E-state index in [0.29, 0.717) is 29.2 Å². The lowest BCUT2D eigenvalue weighted by Crippen LogP contribution is -2.48. The first-order chi connectivity index (χ1) is 49.3. The van der Waals surface area contributed by atoms with Gasteiger partial charge in [0.2, 0.25) is 6.29 Å². The summed E-state index contributed by atoms with van der Waals surface area (Å²) in [5.74, 6) is -5.25. The van der Waals surface area contributed by atoms with Crippen LogP contribution in [0.25, 0.3) is 0 Å². The molecule has 0 aromatic heterocycles. The fourth-order valence-electron chi connectivity index (χ4n) is 10.5. The van der Waals surface area contributed by atoms with Gasteiger partial charge >= 0.3 is 60.9 Å². The third kappa shape index (κ3) is 30.7. The highest BCUT2D eigenvalue weighted by Crippen LogP contribution is 2.47. The van der Waals surface area contributed by atoms with Crippen LogP contribution < -0.4 is 0 Å². The minimum Gasteiger partial charge on any atom is -0.460 e. The van der Waals surface area contributed by atoms with Gasteiger partial charge in [-0.05, 0) is 217 Å². The number of hydrogen-bond acceptors (Lipinski definition) is 11. The van der Waals surface area contributed by atoms with Crippen molar-refractivity contribution in [2.24, 2.45) is 28.1 Å². The molecule has 1 saturated carbocycles. The van der Waals surface area contributed by atoms with Crippen LogP contribution in [0.2, 0.25) is 0 Å². The Balaban J connectivity index is 0.000000720. The molecule has 0 heterocycles. The average molecular weight is 1600 g/mol. The first-order valence-electron chi connectivity index (χ1n) is 35.9. The van der Waals surface area contributed by atoms with E-state index in [0.717, 1.165) is 89.3 Å². The molecule has 0 saturated heterocycles. The molecule has 0 amide bonds. The fourth-order valence-corrected chi connectivity index (χ4v) is 10.5. The number of hydrogen-bond donors (Lipinski definition) is 0. The van der Waals surface area contributed by atoms with Crippen molar-refractivity contribution in [3.05, 3.63) is 140 Å². The van der Waals surface area contributed by atoms with Crippen molar-refractivity contribution < 1.29 is 131 Å². The van der Waals surface area contributed by atoms with Crippen molar-refractivity contribution in [1.82, 2.24) is 0 Å². The van der Waals surface area contributed by atoms with Crippen molar-refractivity contribution in [2.75, 3.05) is 14.2 Å². The minimum absolute atomic E-state index is 0.0772. The Morgan fingerprint density at radius 2 is 0.818 bits per heavy atom. The number of methoxy groups -OCH3 is 2. The van der Waals surface area contributed by atoms with Crippen molar-refractivity contribution in [3.8, 4) is 0 Å². The second-order valence-electron chi connectivity index (χ2n) is 32.3. The smallest absolute Gasteiger partial charge is 0.421 e. The maximum atomic E-state index is 13.8. The molecular formula is C81H112F18O11. The predicted molar refractivity (Wildman–Crippen MR) is 383 cm³/mol. The third-order valence-corrected chi connectivity index (χ3v) is 18.9. The minimum atomic E-state index is -5.12. The van der Waals surface area contributed by atoms with Crippen LogP contribution in [0.4, 0.5) is 79.0 Å². The zero-order valence-corrected chi connectivity index (χ0v) is 67.8. The van der Waals surface area contributed by atoms with E-state index in [9.17, 15) is 98.2 Å². The second-order valence-corrected chi connectivity index (χ2v) is 32.3. The quantitative estimate of drug-likeness (QED) is 0.0362. The van der Waals surface area contributed by atoms with Crippen molar-refractivity contribution >= 4 is 23.9 Å². The molecule has 29 heteroatoms. The topological polar surface area (TPSA) is 133 Å². The van der Waals surface area contributed by atoms with Gasteiger partial charge in [-0.1, -0.05) is 124 Å². The number of benzene rings is 4. The van der Waals surface area contributed by atoms with Crippen LogP contribution in [0.15, 0.2) is 78.9 Å². The standard InChI is InChI=1S/C23H21F9O3.C19H25F3O2.C19H29F3O2.C10H17F3O2.C10H20O2/c1-11-5-14(7-16(6-11)21(24,25)26)12(2)13(3)19(33)35-20(34-4)15-8-17(22(27,28)29)10-18(9-15)23(30,31)32;1-12-9-15(11-16(10-12)19(20,21)22)13(2)14(3)17(23)24-18(4)7-5-6-8-18;1-8-13(2)14-9-11-15(12-10-14)18(6,19(20,21)22)24-16(23-7)17(3,4)5;1-6-9(5,10(11,12)13)7(14)15-8(2,3)4;1-7-10(5,6)8(11)12-9(2,3)4/h5-10,12-13,20H,1-4H3;9-11,13-14H,5-8H2,1-4H3;9-13,16H,8H2,1-7H3;6H2,1-5H3;7H2,1-6H3. The fraction of sp³-hybridized carbons (Fsp3) is 0.654. The summed E-state index contributed by atoms with van der Waals surface area (Å²) in [5, 5.41) is 0. The molecule has 1 aliphatic rings. The first-order valence-corrected chi connectivity index (χ1v) is 35.9. The largest absolute Gasteiger partial charge is 0.460 e. The molecule has 4 aromatic rings. The summed E-state index contributed by atoms with van der Waals surface area (Å²) in [7, 11) is 2.27. The maximum absolute atomic E-state index is 13.8. The Morgan fingerprint density at radius 3 is 1.14 bits per heavy atom. The van der Waals surface area contributed by atoms with E-state index >= 15 is 0 Å². The van der Waals surface area contributed by atoms with E-state index in [1.807, 2.05) is 55.4 Å². The second kappa shape index (κ2) is 38.9. The van der Waals surface area contributed by atoms with Gasteiger partial charge in [0.15, 0.2) is 17.3 Å². The molecule has 9 unspecified atom stereocenters. The summed E-state index contributed by atoms with van der Waals surface area (Å²) in [5.41, 5.74) is -10.5. The van der Waals surface area contributed by atoms with Crippen LogP contribution in [0, 0.1) is 41.9 Å². The van der Waals surface area contributed by atoms with Gasteiger partial charge in [-0.15, -0.1) is 0 Å². The molecule has 5 rings (SSSR count). The van der Waals surface area contributed by atoms with Crippen LogP contribution in [-0.2, 0) is 82.6 Å². The van der Waals surface area contributed by atoms with Crippen LogP contribution in [0.5, 0.6) is 0 Å². The van der Waals surface area contributed by atoms with E-state index in [1.165, 1.54) is 73.8 Å². The molecule has 1 fully saturated rings. The van der Waals surface area contributed by atoms with Gasteiger partial charge in [-0.25, -0.2) is 0 Å². The third-order valence-electron chi connectivity index (χ3n) is 18.9. The molecule has 0 aliphatic heterocycles. The predicted octanol–water partition coefficient (Wildman–Crippen LogP) is 25.4. The number of carbonyl (C=O) groups is 4. The highest BCUT2D eigenvalue weighted by Gasteiger charge is 2.58. The van der Waals surface area contributed by atoms with Crippen molar-refractivity contribution in [1.29, 1.82) is 0 Å². The molecule has 628 valence electrons. The molecule has 110 heavy (non-hydrogen) atoms. The highest BCUT2D eigenvalue weighted by molar-refractivity contribution is 5.78. The normalized spacial score (nSPS) is 16.9. The van der Waals surface area contributed by atoms with E-state index < -0.39 is 135 Å². The summed E-state index contributed by atoms with van der Waals surface area (Å²) in [6.07, 6.45) is -26.1. The van der Waals surface area contributed by atoms with E-state index in [4.69, 9.17) is 33.2 Å². The SMILES string of the molecule is CCC(C)(C(=O)OC(C)(C)C)C(F)(F)F.CCC(C)(C)C(=O)OC(C)(C)C.CCC(C)c1ccc(C(C)(OC(OC)C(C)(C)C)C(F)(F)F)cc1.COC(OC(=O)C(C)C(C)c1cc(C)cc(C(F)(F)F)c1)c1cc(C(F)(F)F)cc(C(F)(F)F)c1.Cc1cc(C(C)C(C)C(=O)OC2(C)CCCC2)cc(C(F)(F)F)c1. The van der Waals surface area contributed by atoms with Gasteiger partial charge in [0.25, 0.3) is 0 Å². The molecule has 9 atom stereocenters. The van der Waals surface area contributed by atoms with Gasteiger partial charge < -0.3 is 33.2 Å². The number of aryl methyl sites for hydroxylation is 2. The molecule has 4 aromatic carbocycles. The zero-order chi connectivity index (χ0) is 86.3.